The van der Waals surface area contributed by atoms with Crippen molar-refractivity contribution in [3.8, 4) is 5.75 Å². The third-order valence-electron chi connectivity index (χ3n) is 3.60. The number of nitrogens with zero attached hydrogens (tertiary/aromatic N) is 1. The number of methoxy groups -OCH3 is 1. The average molecular weight is 288 g/mol. The van der Waals surface area contributed by atoms with E-state index < -0.39 is 24.4 Å². The zero-order valence-corrected chi connectivity index (χ0v) is 11.5. The standard InChI is InChI=1S/C14H19F3N2O/c1-20-10-8-11(16)14(12(17)9-10)13(2-3-15)19-6-4-18-5-7-19/h8-9,13,18H,2-7H2,1H3/t13-/m1/s1. The minimum absolute atomic E-state index is 0.0645. The van der Waals surface area contributed by atoms with E-state index in [1.807, 2.05) is 4.90 Å². The number of piperazine rings is 1. The number of ether oxygens (including phenoxy) is 1. The van der Waals surface area contributed by atoms with Crippen LogP contribution in [0.5, 0.6) is 5.75 Å². The van der Waals surface area contributed by atoms with Gasteiger partial charge >= 0.3 is 0 Å². The molecule has 1 aliphatic heterocycles. The molecule has 0 saturated carbocycles. The van der Waals surface area contributed by atoms with Crippen LogP contribution in [0.25, 0.3) is 0 Å². The fourth-order valence-corrected chi connectivity index (χ4v) is 2.60. The highest BCUT2D eigenvalue weighted by Crippen LogP contribution is 2.31. The van der Waals surface area contributed by atoms with Crippen molar-refractivity contribution in [1.82, 2.24) is 10.2 Å². The molecule has 0 aromatic heterocycles. The van der Waals surface area contributed by atoms with Gasteiger partial charge in [-0.15, -0.1) is 0 Å². The van der Waals surface area contributed by atoms with E-state index in [0.29, 0.717) is 13.1 Å². The molecule has 1 saturated heterocycles. The summed E-state index contributed by atoms with van der Waals surface area (Å²) in [4.78, 5) is 1.92. The van der Waals surface area contributed by atoms with Gasteiger partial charge in [-0.1, -0.05) is 0 Å². The summed E-state index contributed by atoms with van der Waals surface area (Å²) in [5, 5.41) is 3.17. The highest BCUT2D eigenvalue weighted by atomic mass is 19.1. The lowest BCUT2D eigenvalue weighted by Crippen LogP contribution is -2.45. The first-order valence-corrected chi connectivity index (χ1v) is 6.71. The van der Waals surface area contributed by atoms with Gasteiger partial charge in [0.05, 0.1) is 13.8 Å². The summed E-state index contributed by atoms with van der Waals surface area (Å²) in [5.41, 5.74) is -0.0645. The van der Waals surface area contributed by atoms with E-state index in [2.05, 4.69) is 5.32 Å². The summed E-state index contributed by atoms with van der Waals surface area (Å²) in [6, 6.07) is 1.71. The maximum Gasteiger partial charge on any atom is 0.134 e. The topological polar surface area (TPSA) is 24.5 Å². The molecule has 1 aromatic rings. The Kier molecular flexibility index (Phi) is 5.25. The van der Waals surface area contributed by atoms with Gasteiger partial charge in [-0.25, -0.2) is 8.78 Å². The molecule has 1 N–H and O–H groups in total. The lowest BCUT2D eigenvalue weighted by atomic mass is 10.00. The zero-order valence-electron chi connectivity index (χ0n) is 11.5. The molecule has 1 atom stereocenters. The molecular formula is C14H19F3N2O. The second-order valence-corrected chi connectivity index (χ2v) is 4.78. The Labute approximate surface area is 116 Å². The Hall–Kier alpha value is -1.27. The third kappa shape index (κ3) is 3.24. The predicted molar refractivity (Wildman–Crippen MR) is 70.7 cm³/mol. The number of rotatable bonds is 5. The lowest BCUT2D eigenvalue weighted by molar-refractivity contribution is 0.151. The first kappa shape index (κ1) is 15.1. The van der Waals surface area contributed by atoms with Crippen molar-refractivity contribution < 1.29 is 17.9 Å². The Morgan fingerprint density at radius 3 is 2.35 bits per heavy atom. The quantitative estimate of drug-likeness (QED) is 0.899. The molecule has 0 bridgehead atoms. The minimum Gasteiger partial charge on any atom is -0.497 e. The van der Waals surface area contributed by atoms with E-state index in [1.54, 1.807) is 0 Å². The van der Waals surface area contributed by atoms with Crippen LogP contribution in [0.15, 0.2) is 12.1 Å². The molecule has 0 spiro atoms. The molecule has 3 nitrogen and oxygen atoms in total. The van der Waals surface area contributed by atoms with Gasteiger partial charge in [0.25, 0.3) is 0 Å². The van der Waals surface area contributed by atoms with Crippen LogP contribution in [0.4, 0.5) is 13.2 Å². The highest BCUT2D eigenvalue weighted by Gasteiger charge is 2.27. The summed E-state index contributed by atoms with van der Waals surface area (Å²) in [6.07, 6.45) is 0.0835. The first-order valence-electron chi connectivity index (χ1n) is 6.71. The number of nitrogens with one attached hydrogen (secondary N) is 1. The molecule has 0 unspecified atom stereocenters. The molecule has 1 aromatic carbocycles. The number of benzene rings is 1. The number of halogens is 3. The number of hydrogen-bond donors (Lipinski definition) is 1. The molecule has 0 amide bonds. The maximum atomic E-state index is 14.1. The molecule has 0 aliphatic carbocycles. The van der Waals surface area contributed by atoms with E-state index in [9.17, 15) is 13.2 Å². The van der Waals surface area contributed by atoms with Crippen molar-refractivity contribution in [3.05, 3.63) is 29.3 Å². The highest BCUT2D eigenvalue weighted by molar-refractivity contribution is 5.32. The monoisotopic (exact) mass is 288 g/mol. The van der Waals surface area contributed by atoms with Crippen LogP contribution in [0.3, 0.4) is 0 Å². The van der Waals surface area contributed by atoms with Crippen LogP contribution in [0.1, 0.15) is 18.0 Å². The second kappa shape index (κ2) is 6.95. The van der Waals surface area contributed by atoms with Crippen LogP contribution in [-0.4, -0.2) is 44.9 Å². The number of hydrogen-bond acceptors (Lipinski definition) is 3. The largest absolute Gasteiger partial charge is 0.497 e. The molecule has 20 heavy (non-hydrogen) atoms. The normalized spacial score (nSPS) is 18.0. The third-order valence-corrected chi connectivity index (χ3v) is 3.60. The van der Waals surface area contributed by atoms with E-state index in [4.69, 9.17) is 4.74 Å². The zero-order chi connectivity index (χ0) is 14.5. The average Bonchev–Trinajstić information content (AvgIpc) is 2.46. The Morgan fingerprint density at radius 2 is 1.85 bits per heavy atom. The van der Waals surface area contributed by atoms with Crippen molar-refractivity contribution >= 4 is 0 Å². The summed E-state index contributed by atoms with van der Waals surface area (Å²) in [7, 11) is 1.35. The van der Waals surface area contributed by atoms with Gasteiger partial charge in [0, 0.05) is 49.9 Å². The summed E-state index contributed by atoms with van der Waals surface area (Å²) in [5.74, 6) is -1.24. The summed E-state index contributed by atoms with van der Waals surface area (Å²) in [6.45, 7) is 2.16. The molecule has 2 rings (SSSR count). The van der Waals surface area contributed by atoms with Gasteiger partial charge in [-0.05, 0) is 6.42 Å². The van der Waals surface area contributed by atoms with Gasteiger partial charge < -0.3 is 10.1 Å². The van der Waals surface area contributed by atoms with Crippen molar-refractivity contribution in [2.75, 3.05) is 40.0 Å². The van der Waals surface area contributed by atoms with Crippen LogP contribution in [-0.2, 0) is 0 Å². The maximum absolute atomic E-state index is 14.1. The van der Waals surface area contributed by atoms with E-state index in [1.165, 1.54) is 7.11 Å². The molecule has 1 fully saturated rings. The lowest BCUT2D eigenvalue weighted by Gasteiger charge is -2.35. The summed E-state index contributed by atoms with van der Waals surface area (Å²) < 4.78 is 45.9. The van der Waals surface area contributed by atoms with Crippen molar-refractivity contribution in [3.63, 3.8) is 0 Å². The van der Waals surface area contributed by atoms with Crippen molar-refractivity contribution in [2.45, 2.75) is 12.5 Å². The number of alkyl halides is 1. The van der Waals surface area contributed by atoms with Crippen molar-refractivity contribution in [1.29, 1.82) is 0 Å². The van der Waals surface area contributed by atoms with Gasteiger partial charge in [-0.2, -0.15) is 0 Å². The van der Waals surface area contributed by atoms with Crippen LogP contribution in [0, 0.1) is 11.6 Å². The smallest absolute Gasteiger partial charge is 0.134 e. The molecule has 0 radical (unpaired) electrons. The van der Waals surface area contributed by atoms with Crippen LogP contribution >= 0.6 is 0 Å². The molecule has 6 heteroatoms. The minimum atomic E-state index is -0.682. The fraction of sp³-hybridized carbons (Fsp3) is 0.571. The van der Waals surface area contributed by atoms with Gasteiger partial charge in [-0.3, -0.25) is 9.29 Å². The van der Waals surface area contributed by atoms with E-state index in [-0.39, 0.29) is 17.7 Å². The van der Waals surface area contributed by atoms with Gasteiger partial charge in [0.15, 0.2) is 0 Å². The predicted octanol–water partition coefficient (Wildman–Crippen LogP) is 2.28. The van der Waals surface area contributed by atoms with Crippen LogP contribution < -0.4 is 10.1 Å². The fourth-order valence-electron chi connectivity index (χ4n) is 2.60. The second-order valence-electron chi connectivity index (χ2n) is 4.78. The molecule has 1 heterocycles. The summed E-state index contributed by atoms with van der Waals surface area (Å²) >= 11 is 0. The van der Waals surface area contributed by atoms with Gasteiger partial charge in [0.2, 0.25) is 0 Å². The van der Waals surface area contributed by atoms with E-state index in [0.717, 1.165) is 25.2 Å². The molecule has 112 valence electrons. The van der Waals surface area contributed by atoms with Crippen molar-refractivity contribution in [2.24, 2.45) is 0 Å². The first-order chi connectivity index (χ1) is 9.67. The Balaban J connectivity index is 2.33. The van der Waals surface area contributed by atoms with Gasteiger partial charge in [0.1, 0.15) is 17.4 Å². The van der Waals surface area contributed by atoms with Crippen LogP contribution in [0.2, 0.25) is 0 Å². The Morgan fingerprint density at radius 1 is 1.25 bits per heavy atom. The van der Waals surface area contributed by atoms with E-state index >= 15 is 0 Å². The molecular weight excluding hydrogens is 269 g/mol. The SMILES string of the molecule is COc1cc(F)c([C@@H](CCF)N2CCNCC2)c(F)c1. The Bertz CT molecular complexity index is 427. The molecule has 1 aliphatic rings.